The summed E-state index contributed by atoms with van der Waals surface area (Å²) in [4.78, 5) is 4.41. The van der Waals surface area contributed by atoms with Crippen LogP contribution in [0.15, 0.2) is 28.8 Å². The Hall–Kier alpha value is -1.88. The van der Waals surface area contributed by atoms with Crippen molar-refractivity contribution in [3.8, 4) is 17.1 Å². The summed E-state index contributed by atoms with van der Waals surface area (Å²) in [5.74, 6) is 2.03. The van der Waals surface area contributed by atoms with Gasteiger partial charge >= 0.3 is 0 Å². The molecule has 0 fully saturated rings. The minimum atomic E-state index is 0.587. The highest BCUT2D eigenvalue weighted by Crippen LogP contribution is 2.27. The number of rotatable bonds is 7. The number of hydrogen-bond acceptors (Lipinski definition) is 5. The van der Waals surface area contributed by atoms with E-state index in [1.807, 2.05) is 38.2 Å². The summed E-state index contributed by atoms with van der Waals surface area (Å²) in [5.41, 5.74) is 0.868. The summed E-state index contributed by atoms with van der Waals surface area (Å²) in [6.07, 6.45) is 1.76. The van der Waals surface area contributed by atoms with Crippen molar-refractivity contribution in [3.63, 3.8) is 0 Å². The molecule has 2 aromatic rings. The van der Waals surface area contributed by atoms with Gasteiger partial charge in [0.1, 0.15) is 5.75 Å². The molecular weight excluding hydrogens is 242 g/mol. The van der Waals surface area contributed by atoms with Crippen molar-refractivity contribution in [2.24, 2.45) is 0 Å². The second-order valence-corrected chi connectivity index (χ2v) is 4.15. The molecule has 0 bridgehead atoms. The molecule has 0 amide bonds. The molecule has 1 N–H and O–H groups in total. The molecule has 0 aliphatic rings. The molecule has 0 saturated heterocycles. The van der Waals surface area contributed by atoms with Gasteiger partial charge in [0.15, 0.2) is 0 Å². The van der Waals surface area contributed by atoms with Crippen LogP contribution in [0.1, 0.15) is 19.2 Å². The number of para-hydroxylation sites is 1. The van der Waals surface area contributed by atoms with Crippen LogP contribution in [0.2, 0.25) is 0 Å². The zero-order chi connectivity index (χ0) is 13.5. The normalized spacial score (nSPS) is 10.6. The first-order chi connectivity index (χ1) is 9.35. The van der Waals surface area contributed by atoms with Gasteiger partial charge in [-0.15, -0.1) is 0 Å². The van der Waals surface area contributed by atoms with Crippen LogP contribution >= 0.6 is 0 Å². The van der Waals surface area contributed by atoms with Gasteiger partial charge in [0.05, 0.1) is 12.2 Å². The van der Waals surface area contributed by atoms with E-state index in [0.717, 1.165) is 30.7 Å². The first-order valence-electron chi connectivity index (χ1n) is 6.54. The summed E-state index contributed by atoms with van der Waals surface area (Å²) >= 11 is 0. The third kappa shape index (κ3) is 3.54. The molecule has 19 heavy (non-hydrogen) atoms. The number of hydrogen-bond donors (Lipinski definition) is 1. The predicted molar refractivity (Wildman–Crippen MR) is 73.2 cm³/mol. The molecule has 1 aromatic carbocycles. The fourth-order valence-electron chi connectivity index (χ4n) is 1.81. The molecule has 1 heterocycles. The molecular formula is C14H19N3O2. The minimum absolute atomic E-state index is 0.587. The Morgan fingerprint density at radius 1 is 1.32 bits per heavy atom. The van der Waals surface area contributed by atoms with E-state index in [4.69, 9.17) is 9.26 Å². The molecule has 102 valence electrons. The predicted octanol–water partition coefficient (Wildman–Crippen LogP) is 2.29. The average Bonchev–Trinajstić information content (AvgIpc) is 2.89. The summed E-state index contributed by atoms with van der Waals surface area (Å²) in [5, 5.41) is 7.11. The van der Waals surface area contributed by atoms with E-state index in [1.165, 1.54) is 0 Å². The number of nitrogens with one attached hydrogen (secondary N) is 1. The third-order valence-electron chi connectivity index (χ3n) is 2.71. The smallest absolute Gasteiger partial charge is 0.227 e. The molecule has 1 aromatic heterocycles. The molecule has 0 spiro atoms. The first kappa shape index (κ1) is 13.5. The van der Waals surface area contributed by atoms with Gasteiger partial charge in [-0.1, -0.05) is 17.3 Å². The van der Waals surface area contributed by atoms with Crippen molar-refractivity contribution in [1.29, 1.82) is 0 Å². The van der Waals surface area contributed by atoms with E-state index >= 15 is 0 Å². The van der Waals surface area contributed by atoms with Crippen LogP contribution in [0.3, 0.4) is 0 Å². The van der Waals surface area contributed by atoms with Gasteiger partial charge < -0.3 is 14.6 Å². The highest BCUT2D eigenvalue weighted by Gasteiger charge is 2.12. The Labute approximate surface area is 113 Å². The average molecular weight is 261 g/mol. The number of aryl methyl sites for hydroxylation is 1. The van der Waals surface area contributed by atoms with Crippen molar-refractivity contribution in [2.45, 2.75) is 19.8 Å². The molecule has 5 heteroatoms. The Bertz CT molecular complexity index is 511. The molecule has 0 aliphatic heterocycles. The molecule has 0 atom stereocenters. The third-order valence-corrected chi connectivity index (χ3v) is 2.71. The van der Waals surface area contributed by atoms with Crippen molar-refractivity contribution >= 4 is 0 Å². The van der Waals surface area contributed by atoms with E-state index in [-0.39, 0.29) is 0 Å². The van der Waals surface area contributed by atoms with E-state index in [2.05, 4.69) is 15.5 Å². The topological polar surface area (TPSA) is 60.2 Å². The fraction of sp³-hybridized carbons (Fsp3) is 0.429. The number of ether oxygens (including phenoxy) is 1. The highest BCUT2D eigenvalue weighted by molar-refractivity contribution is 5.63. The van der Waals surface area contributed by atoms with Crippen LogP contribution in [0, 0.1) is 0 Å². The zero-order valence-electron chi connectivity index (χ0n) is 11.3. The number of benzene rings is 1. The fourth-order valence-corrected chi connectivity index (χ4v) is 1.81. The van der Waals surface area contributed by atoms with Gasteiger partial charge in [0, 0.05) is 6.42 Å². The number of nitrogens with zero attached hydrogens (tertiary/aromatic N) is 2. The van der Waals surface area contributed by atoms with Gasteiger partial charge in [0.25, 0.3) is 0 Å². The lowest BCUT2D eigenvalue weighted by molar-refractivity contribution is 0.340. The molecule has 0 unspecified atom stereocenters. The first-order valence-corrected chi connectivity index (χ1v) is 6.54. The lowest BCUT2D eigenvalue weighted by Crippen LogP contribution is -2.08. The van der Waals surface area contributed by atoms with Crippen molar-refractivity contribution in [1.82, 2.24) is 15.5 Å². The van der Waals surface area contributed by atoms with E-state index in [0.29, 0.717) is 18.3 Å². The molecule has 0 radical (unpaired) electrons. The van der Waals surface area contributed by atoms with Gasteiger partial charge in [-0.05, 0) is 39.1 Å². The second-order valence-electron chi connectivity index (χ2n) is 4.15. The van der Waals surface area contributed by atoms with Gasteiger partial charge in [-0.25, -0.2) is 0 Å². The quantitative estimate of drug-likeness (QED) is 0.775. The van der Waals surface area contributed by atoms with Crippen LogP contribution < -0.4 is 10.1 Å². The van der Waals surface area contributed by atoms with Crippen LogP contribution in [0.5, 0.6) is 5.75 Å². The maximum atomic E-state index is 5.57. The number of aromatic nitrogens is 2. The summed E-state index contributed by atoms with van der Waals surface area (Å²) in [6.45, 7) is 3.51. The van der Waals surface area contributed by atoms with Crippen LogP contribution in [0.25, 0.3) is 11.4 Å². The minimum Gasteiger partial charge on any atom is -0.493 e. The Kier molecular flexibility index (Phi) is 4.92. The molecule has 0 saturated carbocycles. The largest absolute Gasteiger partial charge is 0.493 e. The van der Waals surface area contributed by atoms with Gasteiger partial charge in [-0.3, -0.25) is 0 Å². The van der Waals surface area contributed by atoms with E-state index < -0.39 is 0 Å². The van der Waals surface area contributed by atoms with E-state index in [1.54, 1.807) is 0 Å². The Morgan fingerprint density at radius 2 is 2.16 bits per heavy atom. The molecule has 5 nitrogen and oxygen atoms in total. The molecule has 0 aliphatic carbocycles. The highest BCUT2D eigenvalue weighted by atomic mass is 16.5. The summed E-state index contributed by atoms with van der Waals surface area (Å²) < 4.78 is 10.8. The van der Waals surface area contributed by atoms with Gasteiger partial charge in [-0.2, -0.15) is 4.98 Å². The van der Waals surface area contributed by atoms with Crippen molar-refractivity contribution in [2.75, 3.05) is 20.2 Å². The maximum Gasteiger partial charge on any atom is 0.227 e. The van der Waals surface area contributed by atoms with Crippen molar-refractivity contribution < 1.29 is 9.26 Å². The monoisotopic (exact) mass is 261 g/mol. The van der Waals surface area contributed by atoms with Crippen molar-refractivity contribution in [3.05, 3.63) is 30.2 Å². The van der Waals surface area contributed by atoms with Crippen LogP contribution in [-0.2, 0) is 6.42 Å². The van der Waals surface area contributed by atoms with Crippen LogP contribution in [-0.4, -0.2) is 30.3 Å². The van der Waals surface area contributed by atoms with E-state index in [9.17, 15) is 0 Å². The lowest BCUT2D eigenvalue weighted by atomic mass is 10.2. The lowest BCUT2D eigenvalue weighted by Gasteiger charge is -2.05. The Balaban J connectivity index is 2.13. The summed E-state index contributed by atoms with van der Waals surface area (Å²) in [7, 11) is 1.93. The van der Waals surface area contributed by atoms with Crippen LogP contribution in [0.4, 0.5) is 0 Å². The zero-order valence-corrected chi connectivity index (χ0v) is 11.3. The maximum absolute atomic E-state index is 5.57. The summed E-state index contributed by atoms with van der Waals surface area (Å²) in [6, 6.07) is 7.72. The van der Waals surface area contributed by atoms with Gasteiger partial charge in [0.2, 0.25) is 11.7 Å². The second kappa shape index (κ2) is 6.89. The Morgan fingerprint density at radius 3 is 2.95 bits per heavy atom. The standard InChI is InChI=1S/C14H19N3O2/c1-3-18-12-8-5-4-7-11(12)14-16-13(19-17-14)9-6-10-15-2/h4-5,7-8,15H,3,6,9-10H2,1-2H3. The SMILES string of the molecule is CCOc1ccccc1-c1noc(CCCNC)n1. The molecule has 2 rings (SSSR count).